The Morgan fingerprint density at radius 1 is 1.25 bits per heavy atom. The number of nitrogens with zero attached hydrogens (tertiary/aromatic N) is 3. The number of carbonyl (C=O) groups is 2. The van der Waals surface area contributed by atoms with Gasteiger partial charge in [-0.25, -0.2) is 0 Å². The lowest BCUT2D eigenvalue weighted by atomic mass is 9.73. The predicted molar refractivity (Wildman–Crippen MR) is 108 cm³/mol. The summed E-state index contributed by atoms with van der Waals surface area (Å²) in [4.78, 5) is 33.1. The van der Waals surface area contributed by atoms with Gasteiger partial charge in [-0.1, -0.05) is 6.92 Å². The molecule has 4 heterocycles. The van der Waals surface area contributed by atoms with E-state index in [1.54, 1.807) is 4.90 Å². The molecule has 1 saturated carbocycles. The highest BCUT2D eigenvalue weighted by Crippen LogP contribution is 2.55. The Balaban J connectivity index is 1.33. The Labute approximate surface area is 184 Å². The molecule has 1 aromatic rings. The fraction of sp³-hybridized carbons (Fsp3) is 0.696. The van der Waals surface area contributed by atoms with E-state index in [9.17, 15) is 27.9 Å². The number of carboxylic acid groups (broad SMARTS) is 1. The summed E-state index contributed by atoms with van der Waals surface area (Å²) in [6, 6.07) is 1.37. The number of pyridine rings is 1. The first-order valence-electron chi connectivity index (χ1n) is 11.4. The molecule has 6 nitrogen and oxygen atoms in total. The standard InChI is InChI=1S/C23H28F3N3O3/c1-13-19-9-18-15(8-16(11-27-18)23(24,25)26)12-29(19)21(32)22(13)5-2-17(10-22)28-6-3-14(4-7-28)20(30)31/h8,11,13-14,17,19H,2-7,9-10,12H2,1H3,(H,30,31)/t13?,17-,19?,22+/m1/s1. The lowest BCUT2D eigenvalue weighted by Crippen LogP contribution is -2.43. The van der Waals surface area contributed by atoms with E-state index >= 15 is 0 Å². The van der Waals surface area contributed by atoms with Gasteiger partial charge in [-0.05, 0) is 62.7 Å². The average Bonchev–Trinajstić information content (AvgIpc) is 3.29. The molecular weight excluding hydrogens is 423 g/mol. The summed E-state index contributed by atoms with van der Waals surface area (Å²) in [7, 11) is 0. The van der Waals surface area contributed by atoms with Crippen molar-refractivity contribution in [2.24, 2.45) is 17.3 Å². The Bertz CT molecular complexity index is 944. The van der Waals surface area contributed by atoms with Crippen LogP contribution in [-0.2, 0) is 28.7 Å². The maximum atomic E-state index is 13.6. The molecule has 0 aromatic carbocycles. The van der Waals surface area contributed by atoms with Crippen LogP contribution in [-0.4, -0.2) is 56.9 Å². The summed E-state index contributed by atoms with van der Waals surface area (Å²) in [5.74, 6) is -0.837. The van der Waals surface area contributed by atoms with E-state index in [-0.39, 0.29) is 36.4 Å². The number of alkyl halides is 3. The highest BCUT2D eigenvalue weighted by atomic mass is 19.4. The van der Waals surface area contributed by atoms with Crippen LogP contribution in [0.15, 0.2) is 12.3 Å². The first-order chi connectivity index (χ1) is 15.1. The number of aliphatic carboxylic acids is 1. The second-order valence-electron chi connectivity index (χ2n) is 10.0. The van der Waals surface area contributed by atoms with E-state index in [1.807, 2.05) is 0 Å². The number of likely N-dealkylation sites (tertiary alicyclic amines) is 1. The van der Waals surface area contributed by atoms with Gasteiger partial charge in [0.1, 0.15) is 0 Å². The molecule has 3 aliphatic heterocycles. The number of fused-ring (bicyclic) bond motifs is 2. The molecule has 1 spiro atoms. The van der Waals surface area contributed by atoms with Crippen LogP contribution >= 0.6 is 0 Å². The van der Waals surface area contributed by atoms with Gasteiger partial charge in [0, 0.05) is 36.9 Å². The lowest BCUT2D eigenvalue weighted by Gasteiger charge is -2.36. The van der Waals surface area contributed by atoms with Crippen LogP contribution in [0.25, 0.3) is 0 Å². The molecule has 9 heteroatoms. The van der Waals surface area contributed by atoms with Crippen molar-refractivity contribution in [1.29, 1.82) is 0 Å². The number of hydrogen-bond acceptors (Lipinski definition) is 4. The summed E-state index contributed by atoms with van der Waals surface area (Å²) in [5, 5.41) is 9.25. The number of piperidine rings is 1. The zero-order valence-corrected chi connectivity index (χ0v) is 18.1. The van der Waals surface area contributed by atoms with Crippen LogP contribution in [0.1, 0.15) is 55.8 Å². The smallest absolute Gasteiger partial charge is 0.417 e. The van der Waals surface area contributed by atoms with Crippen LogP contribution in [0, 0.1) is 17.3 Å². The fourth-order valence-corrected chi connectivity index (χ4v) is 6.62. The van der Waals surface area contributed by atoms with Crippen LogP contribution in [0.3, 0.4) is 0 Å². The Morgan fingerprint density at radius 3 is 2.62 bits per heavy atom. The summed E-state index contributed by atoms with van der Waals surface area (Å²) in [5.41, 5.74) is -0.0801. The normalized spacial score (nSPS) is 33.6. The first kappa shape index (κ1) is 21.7. The molecule has 4 atom stereocenters. The highest BCUT2D eigenvalue weighted by molar-refractivity contribution is 5.87. The van der Waals surface area contributed by atoms with Gasteiger partial charge in [0.05, 0.1) is 16.9 Å². The molecular formula is C23H28F3N3O3. The van der Waals surface area contributed by atoms with Crippen LogP contribution in [0.4, 0.5) is 13.2 Å². The van der Waals surface area contributed by atoms with Gasteiger partial charge in [-0.15, -0.1) is 0 Å². The Kier molecular flexibility index (Phi) is 5.03. The molecule has 0 bridgehead atoms. The van der Waals surface area contributed by atoms with Gasteiger partial charge in [0.15, 0.2) is 0 Å². The van der Waals surface area contributed by atoms with Crippen LogP contribution in [0.5, 0.6) is 0 Å². The molecule has 1 N–H and O–H groups in total. The molecule has 2 unspecified atom stereocenters. The van der Waals surface area contributed by atoms with E-state index in [1.165, 1.54) is 0 Å². The van der Waals surface area contributed by atoms with Gasteiger partial charge in [0.2, 0.25) is 5.91 Å². The zero-order valence-electron chi connectivity index (χ0n) is 18.1. The Morgan fingerprint density at radius 2 is 1.97 bits per heavy atom. The summed E-state index contributed by atoms with van der Waals surface area (Å²) < 4.78 is 39.4. The van der Waals surface area contributed by atoms with E-state index in [4.69, 9.17) is 0 Å². The van der Waals surface area contributed by atoms with Gasteiger partial charge >= 0.3 is 12.1 Å². The number of carbonyl (C=O) groups excluding carboxylic acids is 1. The third kappa shape index (κ3) is 3.31. The topological polar surface area (TPSA) is 73.7 Å². The second-order valence-corrected chi connectivity index (χ2v) is 10.0. The zero-order chi connectivity index (χ0) is 22.8. The molecule has 3 fully saturated rings. The van der Waals surface area contributed by atoms with Crippen molar-refractivity contribution in [3.8, 4) is 0 Å². The van der Waals surface area contributed by atoms with Crippen molar-refractivity contribution in [1.82, 2.24) is 14.8 Å². The van der Waals surface area contributed by atoms with Gasteiger partial charge in [-0.2, -0.15) is 13.2 Å². The van der Waals surface area contributed by atoms with E-state index in [0.717, 1.165) is 44.6 Å². The second kappa shape index (κ2) is 7.43. The fourth-order valence-electron chi connectivity index (χ4n) is 6.62. The van der Waals surface area contributed by atoms with Crippen molar-refractivity contribution in [2.75, 3.05) is 13.1 Å². The summed E-state index contributed by atoms with van der Waals surface area (Å²) in [6.45, 7) is 3.78. The monoisotopic (exact) mass is 451 g/mol. The van der Waals surface area contributed by atoms with Crippen LogP contribution in [0.2, 0.25) is 0 Å². The molecule has 1 aromatic heterocycles. The number of carboxylic acids is 1. The molecule has 1 amide bonds. The minimum Gasteiger partial charge on any atom is -0.481 e. The van der Waals surface area contributed by atoms with Crippen molar-refractivity contribution in [2.45, 2.75) is 70.3 Å². The molecule has 2 saturated heterocycles. The van der Waals surface area contributed by atoms with Crippen LogP contribution < -0.4 is 0 Å². The molecule has 1 aliphatic carbocycles. The van der Waals surface area contributed by atoms with Crippen molar-refractivity contribution >= 4 is 11.9 Å². The van der Waals surface area contributed by atoms with E-state index in [0.29, 0.717) is 30.5 Å². The Hall–Kier alpha value is -2.16. The average molecular weight is 451 g/mol. The molecule has 174 valence electrons. The summed E-state index contributed by atoms with van der Waals surface area (Å²) >= 11 is 0. The number of aromatic nitrogens is 1. The molecule has 0 radical (unpaired) electrons. The number of rotatable bonds is 2. The van der Waals surface area contributed by atoms with E-state index < -0.39 is 23.1 Å². The third-order valence-electron chi connectivity index (χ3n) is 8.59. The van der Waals surface area contributed by atoms with Gasteiger partial charge in [0.25, 0.3) is 0 Å². The lowest BCUT2D eigenvalue weighted by molar-refractivity contribution is -0.143. The number of amides is 1. The third-order valence-corrected chi connectivity index (χ3v) is 8.59. The predicted octanol–water partition coefficient (Wildman–Crippen LogP) is 3.34. The van der Waals surface area contributed by atoms with Crippen molar-refractivity contribution in [3.05, 3.63) is 29.1 Å². The maximum Gasteiger partial charge on any atom is 0.417 e. The SMILES string of the molecule is CC1C2Cc3ncc(C(F)(F)F)cc3CN2C(=O)[C@]12CC[C@@H](N1CCC(C(=O)O)CC1)C2. The maximum absolute atomic E-state index is 13.6. The highest BCUT2D eigenvalue weighted by Gasteiger charge is 2.61. The largest absolute Gasteiger partial charge is 0.481 e. The van der Waals surface area contributed by atoms with E-state index in [2.05, 4.69) is 16.8 Å². The quantitative estimate of drug-likeness (QED) is 0.747. The summed E-state index contributed by atoms with van der Waals surface area (Å²) in [6.07, 6.45) is 0.650. The van der Waals surface area contributed by atoms with Crippen molar-refractivity contribution < 1.29 is 27.9 Å². The first-order valence-corrected chi connectivity index (χ1v) is 11.4. The minimum atomic E-state index is -4.45. The minimum absolute atomic E-state index is 0.0317. The molecule has 5 rings (SSSR count). The van der Waals surface area contributed by atoms with Gasteiger partial charge < -0.3 is 14.9 Å². The molecule has 4 aliphatic rings. The van der Waals surface area contributed by atoms with Crippen molar-refractivity contribution in [3.63, 3.8) is 0 Å². The number of halogens is 3. The molecule has 32 heavy (non-hydrogen) atoms. The van der Waals surface area contributed by atoms with Gasteiger partial charge in [-0.3, -0.25) is 14.6 Å². The number of hydrogen-bond donors (Lipinski definition) is 1.